The fraction of sp³-hybridized carbons (Fsp3) is 0.394. The van der Waals surface area contributed by atoms with Gasteiger partial charge in [0.2, 0.25) is 11.8 Å². The zero-order valence-electron chi connectivity index (χ0n) is 24.6. The second kappa shape index (κ2) is 14.2. The van der Waals surface area contributed by atoms with Gasteiger partial charge in [-0.1, -0.05) is 91.9 Å². The molecule has 9 heteroatoms. The second-order valence-corrected chi connectivity index (χ2v) is 13.3. The van der Waals surface area contributed by atoms with Crippen LogP contribution in [0.5, 0.6) is 0 Å². The molecular formula is C33H40ClN3O4S. The van der Waals surface area contributed by atoms with E-state index in [0.29, 0.717) is 11.4 Å². The number of hydrogen-bond donors (Lipinski definition) is 1. The van der Waals surface area contributed by atoms with Crippen molar-refractivity contribution < 1.29 is 18.0 Å². The number of anilines is 1. The number of nitrogens with zero attached hydrogens (tertiary/aromatic N) is 2. The smallest absolute Gasteiger partial charge is 0.264 e. The van der Waals surface area contributed by atoms with Crippen LogP contribution in [0.25, 0.3) is 0 Å². The number of halogens is 1. The van der Waals surface area contributed by atoms with Gasteiger partial charge in [0.05, 0.1) is 10.6 Å². The predicted octanol–water partition coefficient (Wildman–Crippen LogP) is 6.41. The zero-order valence-corrected chi connectivity index (χ0v) is 26.1. The van der Waals surface area contributed by atoms with Crippen molar-refractivity contribution in [3.05, 3.63) is 94.5 Å². The van der Waals surface area contributed by atoms with Crippen molar-refractivity contribution in [2.75, 3.05) is 10.8 Å². The van der Waals surface area contributed by atoms with Gasteiger partial charge in [0, 0.05) is 17.6 Å². The van der Waals surface area contributed by atoms with Gasteiger partial charge < -0.3 is 10.2 Å². The number of hydrogen-bond acceptors (Lipinski definition) is 4. The Balaban J connectivity index is 1.71. The van der Waals surface area contributed by atoms with E-state index in [4.69, 9.17) is 11.6 Å². The van der Waals surface area contributed by atoms with E-state index in [-0.39, 0.29) is 29.1 Å². The first-order valence-electron chi connectivity index (χ1n) is 14.6. The Kier molecular flexibility index (Phi) is 10.7. The Morgan fingerprint density at radius 2 is 1.62 bits per heavy atom. The van der Waals surface area contributed by atoms with Crippen molar-refractivity contribution in [2.24, 2.45) is 0 Å². The van der Waals surface area contributed by atoms with Crippen LogP contribution in [0.15, 0.2) is 77.7 Å². The first-order valence-corrected chi connectivity index (χ1v) is 16.4. The normalized spacial score (nSPS) is 14.7. The van der Waals surface area contributed by atoms with Crippen LogP contribution < -0.4 is 9.62 Å². The summed E-state index contributed by atoms with van der Waals surface area (Å²) < 4.78 is 29.1. The van der Waals surface area contributed by atoms with E-state index in [9.17, 15) is 18.0 Å². The Morgan fingerprint density at radius 3 is 2.24 bits per heavy atom. The standard InChI is InChI=1S/C33H40ClN3O4S/c1-4-31(33(39)35-27-13-9-6-10-14-27)36(22-26-11-7-5-8-12-26)32(38)23-37(28-18-17-25(3)30(34)21-28)42(40,41)29-19-15-24(2)16-20-29/h5,7-8,11-12,15-21,27,31H,4,6,9-10,13-14,22-23H2,1-3H3,(H,35,39)/t31-/m0/s1. The number of nitrogens with one attached hydrogen (secondary N) is 1. The van der Waals surface area contributed by atoms with Crippen LogP contribution in [0.4, 0.5) is 5.69 Å². The average Bonchev–Trinajstić information content (AvgIpc) is 2.98. The van der Waals surface area contributed by atoms with Gasteiger partial charge in [0.15, 0.2) is 0 Å². The summed E-state index contributed by atoms with van der Waals surface area (Å²) in [5.41, 5.74) is 2.83. The molecule has 4 rings (SSSR count). The number of carbonyl (C=O) groups excluding carboxylic acids is 2. The minimum Gasteiger partial charge on any atom is -0.352 e. The molecule has 2 amide bonds. The van der Waals surface area contributed by atoms with Gasteiger partial charge in [-0.25, -0.2) is 8.42 Å². The topological polar surface area (TPSA) is 86.8 Å². The molecule has 7 nitrogen and oxygen atoms in total. The maximum atomic E-state index is 14.2. The molecular weight excluding hydrogens is 570 g/mol. The van der Waals surface area contributed by atoms with Gasteiger partial charge in [-0.3, -0.25) is 13.9 Å². The van der Waals surface area contributed by atoms with Crippen molar-refractivity contribution in [2.45, 2.75) is 82.8 Å². The van der Waals surface area contributed by atoms with Gasteiger partial charge in [0.25, 0.3) is 10.0 Å². The van der Waals surface area contributed by atoms with Gasteiger partial charge in [-0.15, -0.1) is 0 Å². The van der Waals surface area contributed by atoms with Crippen LogP contribution in [0, 0.1) is 13.8 Å². The summed E-state index contributed by atoms with van der Waals surface area (Å²) in [4.78, 5) is 29.4. The Morgan fingerprint density at radius 1 is 0.952 bits per heavy atom. The highest BCUT2D eigenvalue weighted by molar-refractivity contribution is 7.92. The molecule has 3 aromatic rings. The molecule has 0 saturated heterocycles. The molecule has 0 spiro atoms. The molecule has 1 N–H and O–H groups in total. The summed E-state index contributed by atoms with van der Waals surface area (Å²) in [7, 11) is -4.15. The van der Waals surface area contributed by atoms with E-state index in [2.05, 4.69) is 5.32 Å². The first kappa shape index (κ1) is 31.6. The zero-order chi connectivity index (χ0) is 30.3. The van der Waals surface area contributed by atoms with E-state index < -0.39 is 28.5 Å². The summed E-state index contributed by atoms with van der Waals surface area (Å²) >= 11 is 6.42. The van der Waals surface area contributed by atoms with E-state index in [1.807, 2.05) is 51.1 Å². The van der Waals surface area contributed by atoms with Crippen molar-refractivity contribution in [1.29, 1.82) is 0 Å². The molecule has 224 valence electrons. The summed E-state index contributed by atoms with van der Waals surface area (Å²) in [5, 5.41) is 3.56. The molecule has 3 aromatic carbocycles. The minimum atomic E-state index is -4.15. The Labute approximate surface area is 254 Å². The molecule has 1 atom stereocenters. The van der Waals surface area contributed by atoms with E-state index in [0.717, 1.165) is 53.1 Å². The average molecular weight is 610 g/mol. The molecule has 1 aliphatic rings. The van der Waals surface area contributed by atoms with E-state index in [1.165, 1.54) is 17.0 Å². The molecule has 0 bridgehead atoms. The number of carbonyl (C=O) groups is 2. The highest BCUT2D eigenvalue weighted by Gasteiger charge is 2.34. The lowest BCUT2D eigenvalue weighted by molar-refractivity contribution is -0.140. The van der Waals surface area contributed by atoms with Crippen LogP contribution in [0.2, 0.25) is 5.02 Å². The van der Waals surface area contributed by atoms with Crippen LogP contribution in [0.3, 0.4) is 0 Å². The monoisotopic (exact) mass is 609 g/mol. The molecule has 1 fully saturated rings. The number of rotatable bonds is 11. The van der Waals surface area contributed by atoms with Crippen LogP contribution in [0.1, 0.15) is 62.1 Å². The fourth-order valence-electron chi connectivity index (χ4n) is 5.35. The van der Waals surface area contributed by atoms with Crippen molar-refractivity contribution >= 4 is 39.1 Å². The minimum absolute atomic E-state index is 0.0642. The van der Waals surface area contributed by atoms with Gasteiger partial charge in [-0.05, 0) is 68.5 Å². The summed E-state index contributed by atoms with van der Waals surface area (Å²) in [6.45, 7) is 5.26. The van der Waals surface area contributed by atoms with Crippen molar-refractivity contribution in [3.8, 4) is 0 Å². The lowest BCUT2D eigenvalue weighted by atomic mass is 9.95. The van der Waals surface area contributed by atoms with Crippen molar-refractivity contribution in [3.63, 3.8) is 0 Å². The first-order chi connectivity index (χ1) is 20.1. The van der Waals surface area contributed by atoms with E-state index in [1.54, 1.807) is 30.3 Å². The summed E-state index contributed by atoms with van der Waals surface area (Å²) in [6, 6.07) is 20.2. The van der Waals surface area contributed by atoms with Gasteiger partial charge in [-0.2, -0.15) is 0 Å². The third-order valence-corrected chi connectivity index (χ3v) is 10.1. The van der Waals surface area contributed by atoms with Crippen molar-refractivity contribution in [1.82, 2.24) is 10.2 Å². The maximum Gasteiger partial charge on any atom is 0.264 e. The molecule has 0 heterocycles. The highest BCUT2D eigenvalue weighted by atomic mass is 35.5. The van der Waals surface area contributed by atoms with Crippen LogP contribution >= 0.6 is 11.6 Å². The maximum absolute atomic E-state index is 14.2. The number of amides is 2. The molecule has 0 unspecified atom stereocenters. The quantitative estimate of drug-likeness (QED) is 0.272. The second-order valence-electron chi connectivity index (χ2n) is 11.0. The van der Waals surface area contributed by atoms with Crippen LogP contribution in [-0.4, -0.2) is 43.8 Å². The van der Waals surface area contributed by atoms with Crippen LogP contribution in [-0.2, 0) is 26.2 Å². The largest absolute Gasteiger partial charge is 0.352 e. The number of sulfonamides is 1. The molecule has 42 heavy (non-hydrogen) atoms. The lowest BCUT2D eigenvalue weighted by Crippen LogP contribution is -2.54. The third-order valence-electron chi connectivity index (χ3n) is 7.86. The SMILES string of the molecule is CC[C@@H](C(=O)NC1CCCCC1)N(Cc1ccccc1)C(=O)CN(c1ccc(C)c(Cl)c1)S(=O)(=O)c1ccc(C)cc1. The van der Waals surface area contributed by atoms with Gasteiger partial charge in [0.1, 0.15) is 12.6 Å². The molecule has 0 aromatic heterocycles. The number of benzene rings is 3. The number of aryl methyl sites for hydroxylation is 2. The van der Waals surface area contributed by atoms with E-state index >= 15 is 0 Å². The highest BCUT2D eigenvalue weighted by Crippen LogP contribution is 2.29. The molecule has 0 aliphatic heterocycles. The molecule has 1 saturated carbocycles. The predicted molar refractivity (Wildman–Crippen MR) is 168 cm³/mol. The summed E-state index contributed by atoms with van der Waals surface area (Å²) in [5.74, 6) is -0.683. The Bertz CT molecular complexity index is 1470. The van der Waals surface area contributed by atoms with Gasteiger partial charge >= 0.3 is 0 Å². The fourth-order valence-corrected chi connectivity index (χ4v) is 6.93. The molecule has 0 radical (unpaired) electrons. The summed E-state index contributed by atoms with van der Waals surface area (Å²) in [6.07, 6.45) is 5.53. The third kappa shape index (κ3) is 7.72. The molecule has 1 aliphatic carbocycles. The lowest BCUT2D eigenvalue weighted by Gasteiger charge is -2.34. The Hall–Kier alpha value is -3.36.